The maximum Gasteiger partial charge on any atom is 0.0925 e. The molecule has 0 aliphatic heterocycles. The van der Waals surface area contributed by atoms with Crippen molar-refractivity contribution in [3.8, 4) is 0 Å². The number of hydrogen-bond acceptors (Lipinski definition) is 2. The van der Waals surface area contributed by atoms with E-state index in [-0.39, 0.29) is 0 Å². The van der Waals surface area contributed by atoms with Crippen LogP contribution in [0.5, 0.6) is 0 Å². The zero-order valence-corrected chi connectivity index (χ0v) is 10.0. The molecule has 2 rings (SSSR count). The van der Waals surface area contributed by atoms with Gasteiger partial charge in [0.2, 0.25) is 0 Å². The van der Waals surface area contributed by atoms with Crippen molar-refractivity contribution in [2.45, 2.75) is 13.5 Å². The molecule has 3 nitrogen and oxygen atoms in total. The first-order valence-corrected chi connectivity index (χ1v) is 5.53. The van der Waals surface area contributed by atoms with Crippen LogP contribution in [0, 0.1) is 6.92 Å². The van der Waals surface area contributed by atoms with Crippen LogP contribution in [0.15, 0.2) is 35.1 Å². The van der Waals surface area contributed by atoms with E-state index < -0.39 is 0 Å². The molecule has 0 radical (unpaired) electrons. The van der Waals surface area contributed by atoms with Crippen molar-refractivity contribution in [3.05, 3.63) is 46.5 Å². The van der Waals surface area contributed by atoms with E-state index in [9.17, 15) is 0 Å². The molecule has 0 saturated carbocycles. The molecule has 1 aromatic carbocycles. The Labute approximate surface area is 97.1 Å². The Balaban J connectivity index is 2.02. The SMILES string of the molecule is Cc1[nH]cnc1CNc1cccc(Br)c1. The molecule has 0 spiro atoms. The maximum absolute atomic E-state index is 4.22. The molecule has 0 amide bonds. The lowest BCUT2D eigenvalue weighted by atomic mass is 10.3. The third-order valence-corrected chi connectivity index (χ3v) is 2.71. The standard InChI is InChI=1S/C11H12BrN3/c1-8-11(15-7-14-8)6-13-10-4-2-3-9(12)5-10/h2-5,7,13H,6H2,1H3,(H,14,15). The molecular formula is C11H12BrN3. The van der Waals surface area contributed by atoms with Gasteiger partial charge in [-0.3, -0.25) is 0 Å². The maximum atomic E-state index is 4.22. The van der Waals surface area contributed by atoms with Crippen LogP contribution in [0.2, 0.25) is 0 Å². The summed E-state index contributed by atoms with van der Waals surface area (Å²) in [5, 5.41) is 3.32. The first kappa shape index (κ1) is 10.2. The number of nitrogens with zero attached hydrogens (tertiary/aromatic N) is 1. The highest BCUT2D eigenvalue weighted by Crippen LogP contribution is 2.16. The third-order valence-electron chi connectivity index (χ3n) is 2.22. The summed E-state index contributed by atoms with van der Waals surface area (Å²) in [7, 11) is 0. The van der Waals surface area contributed by atoms with Crippen molar-refractivity contribution in [2.75, 3.05) is 5.32 Å². The van der Waals surface area contributed by atoms with Crippen LogP contribution in [0.3, 0.4) is 0 Å². The van der Waals surface area contributed by atoms with E-state index in [1.165, 1.54) is 0 Å². The number of hydrogen-bond donors (Lipinski definition) is 2. The van der Waals surface area contributed by atoms with Gasteiger partial charge in [0.15, 0.2) is 0 Å². The molecule has 78 valence electrons. The molecule has 1 aromatic heterocycles. The van der Waals surface area contributed by atoms with Crippen LogP contribution >= 0.6 is 15.9 Å². The number of aryl methyl sites for hydroxylation is 1. The highest BCUT2D eigenvalue weighted by Gasteiger charge is 2.00. The summed E-state index contributed by atoms with van der Waals surface area (Å²) in [5.74, 6) is 0. The van der Waals surface area contributed by atoms with Crippen molar-refractivity contribution in [1.82, 2.24) is 9.97 Å². The summed E-state index contributed by atoms with van der Waals surface area (Å²) >= 11 is 3.43. The van der Waals surface area contributed by atoms with E-state index in [2.05, 4.69) is 31.2 Å². The smallest absolute Gasteiger partial charge is 0.0925 e. The number of rotatable bonds is 3. The number of anilines is 1. The van der Waals surface area contributed by atoms with Gasteiger partial charge < -0.3 is 10.3 Å². The molecule has 2 N–H and O–H groups in total. The van der Waals surface area contributed by atoms with Crippen LogP contribution in [0.25, 0.3) is 0 Å². The Morgan fingerprint density at radius 1 is 1.47 bits per heavy atom. The average molecular weight is 266 g/mol. The monoisotopic (exact) mass is 265 g/mol. The molecule has 2 aromatic rings. The van der Waals surface area contributed by atoms with E-state index in [0.29, 0.717) is 0 Å². The number of nitrogens with one attached hydrogen (secondary N) is 2. The summed E-state index contributed by atoms with van der Waals surface area (Å²) in [6.07, 6.45) is 1.72. The molecule has 1 heterocycles. The van der Waals surface area contributed by atoms with Crippen LogP contribution in [0.4, 0.5) is 5.69 Å². The molecule has 0 bridgehead atoms. The lowest BCUT2D eigenvalue weighted by Crippen LogP contribution is -2.00. The van der Waals surface area contributed by atoms with Crippen LogP contribution in [-0.4, -0.2) is 9.97 Å². The first-order chi connectivity index (χ1) is 7.25. The van der Waals surface area contributed by atoms with E-state index in [4.69, 9.17) is 0 Å². The number of aromatic amines is 1. The highest BCUT2D eigenvalue weighted by atomic mass is 79.9. The van der Waals surface area contributed by atoms with Crippen molar-refractivity contribution >= 4 is 21.6 Å². The molecular weight excluding hydrogens is 254 g/mol. The van der Waals surface area contributed by atoms with Crippen molar-refractivity contribution < 1.29 is 0 Å². The molecule has 0 fully saturated rings. The minimum Gasteiger partial charge on any atom is -0.379 e. The molecule has 0 unspecified atom stereocenters. The Morgan fingerprint density at radius 3 is 3.00 bits per heavy atom. The Morgan fingerprint density at radius 2 is 2.33 bits per heavy atom. The first-order valence-electron chi connectivity index (χ1n) is 4.74. The van der Waals surface area contributed by atoms with E-state index >= 15 is 0 Å². The molecule has 0 aliphatic rings. The lowest BCUT2D eigenvalue weighted by molar-refractivity contribution is 1.05. The number of aromatic nitrogens is 2. The number of imidazole rings is 1. The Hall–Kier alpha value is -1.29. The minimum absolute atomic E-state index is 0.742. The number of H-pyrrole nitrogens is 1. The summed E-state index contributed by atoms with van der Waals surface area (Å²) in [6, 6.07) is 8.09. The van der Waals surface area contributed by atoms with Gasteiger partial charge in [-0.25, -0.2) is 4.98 Å². The predicted octanol–water partition coefficient (Wildman–Crippen LogP) is 3.09. The normalized spacial score (nSPS) is 10.3. The topological polar surface area (TPSA) is 40.7 Å². The van der Waals surface area contributed by atoms with Gasteiger partial charge in [-0.2, -0.15) is 0 Å². The minimum atomic E-state index is 0.742. The van der Waals surface area contributed by atoms with Crippen LogP contribution in [0.1, 0.15) is 11.4 Å². The number of benzene rings is 1. The fraction of sp³-hybridized carbons (Fsp3) is 0.182. The molecule has 4 heteroatoms. The average Bonchev–Trinajstić information content (AvgIpc) is 2.61. The Bertz CT molecular complexity index is 451. The quantitative estimate of drug-likeness (QED) is 0.896. The second-order valence-electron chi connectivity index (χ2n) is 3.34. The van der Waals surface area contributed by atoms with E-state index in [0.717, 1.165) is 28.1 Å². The van der Waals surface area contributed by atoms with Crippen LogP contribution in [-0.2, 0) is 6.54 Å². The summed E-state index contributed by atoms with van der Waals surface area (Å²) in [6.45, 7) is 2.76. The lowest BCUT2D eigenvalue weighted by Gasteiger charge is -2.05. The fourth-order valence-corrected chi connectivity index (χ4v) is 1.75. The summed E-state index contributed by atoms with van der Waals surface area (Å²) in [4.78, 5) is 7.28. The second kappa shape index (κ2) is 4.49. The van der Waals surface area contributed by atoms with Crippen molar-refractivity contribution in [3.63, 3.8) is 0 Å². The van der Waals surface area contributed by atoms with Gasteiger partial charge in [0.1, 0.15) is 0 Å². The predicted molar refractivity (Wildman–Crippen MR) is 64.8 cm³/mol. The van der Waals surface area contributed by atoms with Gasteiger partial charge in [-0.05, 0) is 25.1 Å². The van der Waals surface area contributed by atoms with Crippen LogP contribution < -0.4 is 5.32 Å². The molecule has 0 saturated heterocycles. The summed E-state index contributed by atoms with van der Waals surface area (Å²) < 4.78 is 1.08. The van der Waals surface area contributed by atoms with Gasteiger partial charge >= 0.3 is 0 Å². The highest BCUT2D eigenvalue weighted by molar-refractivity contribution is 9.10. The third kappa shape index (κ3) is 2.59. The zero-order valence-electron chi connectivity index (χ0n) is 8.42. The van der Waals surface area contributed by atoms with Crippen molar-refractivity contribution in [2.24, 2.45) is 0 Å². The van der Waals surface area contributed by atoms with Gasteiger partial charge in [-0.1, -0.05) is 22.0 Å². The van der Waals surface area contributed by atoms with Gasteiger partial charge in [0.05, 0.1) is 18.6 Å². The Kier molecular flexibility index (Phi) is 3.06. The molecule has 0 aliphatic carbocycles. The molecule has 0 atom stereocenters. The largest absolute Gasteiger partial charge is 0.379 e. The van der Waals surface area contributed by atoms with Gasteiger partial charge in [0.25, 0.3) is 0 Å². The number of halogens is 1. The second-order valence-corrected chi connectivity index (χ2v) is 4.25. The van der Waals surface area contributed by atoms with Gasteiger partial charge in [0, 0.05) is 15.9 Å². The van der Waals surface area contributed by atoms with Crippen molar-refractivity contribution in [1.29, 1.82) is 0 Å². The van der Waals surface area contributed by atoms with Gasteiger partial charge in [-0.15, -0.1) is 0 Å². The zero-order chi connectivity index (χ0) is 10.7. The summed E-state index contributed by atoms with van der Waals surface area (Å²) in [5.41, 5.74) is 3.25. The molecule has 15 heavy (non-hydrogen) atoms. The van der Waals surface area contributed by atoms with E-state index in [1.807, 2.05) is 31.2 Å². The fourth-order valence-electron chi connectivity index (χ4n) is 1.35. The van der Waals surface area contributed by atoms with E-state index in [1.54, 1.807) is 6.33 Å².